The van der Waals surface area contributed by atoms with Crippen LogP contribution in [0, 0.1) is 0 Å². The Hall–Kier alpha value is 0.200. The van der Waals surface area contributed by atoms with Crippen LogP contribution in [-0.2, 0) is 0 Å². The molecule has 0 aliphatic carbocycles. The fraction of sp³-hybridized carbons (Fsp3) is 0. The molecule has 1 rings (SSSR count). The third-order valence-electron chi connectivity index (χ3n) is 0.203. The Balaban J connectivity index is 2.32. The molecule has 0 aromatic rings. The van der Waals surface area contributed by atoms with Crippen LogP contribution >= 0.6 is 22.9 Å². The largest absolute Gasteiger partial charge is 0.190 e. The molecule has 0 aromatic carbocycles. The van der Waals surface area contributed by atoms with Crippen LogP contribution in [0.4, 0.5) is 0 Å². The van der Waals surface area contributed by atoms with E-state index in [4.69, 9.17) is 0 Å². The highest BCUT2D eigenvalue weighted by atomic mass is 127. The van der Waals surface area contributed by atoms with Crippen molar-refractivity contribution in [3.8, 4) is 0 Å². The summed E-state index contributed by atoms with van der Waals surface area (Å²) in [5.74, 6) is 0. The predicted molar refractivity (Wildman–Crippen MR) is 24.4 cm³/mol. The number of nitrogens with zero attached hydrogens (tertiary/aromatic N) is 2. The van der Waals surface area contributed by atoms with E-state index in [0.717, 1.165) is 0 Å². The van der Waals surface area contributed by atoms with E-state index in [1.807, 2.05) is 0 Å². The summed E-state index contributed by atoms with van der Waals surface area (Å²) in [5.41, 5.74) is 0. The highest BCUT2D eigenvalue weighted by Gasteiger charge is 1.96. The lowest BCUT2D eigenvalue weighted by Gasteiger charge is -1.63. The number of hydrogen-bond acceptors (Lipinski definition) is 2. The van der Waals surface area contributed by atoms with Crippen molar-refractivity contribution in [3.63, 3.8) is 0 Å². The SMILES string of the molecule is IN1C=N1. The zero-order chi connectivity index (χ0) is 2.99. The first kappa shape index (κ1) is 2.44. The molecule has 22 valence electrons. The summed E-state index contributed by atoms with van der Waals surface area (Å²) < 4.78 is 1.72. The minimum Gasteiger partial charge on any atom is -0.190 e. The van der Waals surface area contributed by atoms with E-state index < -0.39 is 0 Å². The van der Waals surface area contributed by atoms with Crippen molar-refractivity contribution >= 4 is 29.2 Å². The van der Waals surface area contributed by atoms with E-state index in [1.54, 1.807) is 9.56 Å². The van der Waals surface area contributed by atoms with Gasteiger partial charge in [-0.3, -0.25) is 0 Å². The molecule has 0 saturated heterocycles. The van der Waals surface area contributed by atoms with Gasteiger partial charge in [0.15, 0.2) is 0 Å². The van der Waals surface area contributed by atoms with Crippen LogP contribution in [0.2, 0.25) is 0 Å². The molecule has 0 aromatic heterocycles. The standard InChI is InChI=1S/CHIN2/c2-4-1-3-4/h1H. The van der Waals surface area contributed by atoms with Gasteiger partial charge >= 0.3 is 0 Å². The molecule has 0 atom stereocenters. The van der Waals surface area contributed by atoms with Gasteiger partial charge in [0.25, 0.3) is 0 Å². The maximum absolute atomic E-state index is 3.60. The van der Waals surface area contributed by atoms with Gasteiger partial charge < -0.3 is 0 Å². The van der Waals surface area contributed by atoms with Crippen molar-refractivity contribution in [1.82, 2.24) is 3.22 Å². The topological polar surface area (TPSA) is 15.4 Å². The van der Waals surface area contributed by atoms with E-state index in [9.17, 15) is 0 Å². The minimum atomic E-state index is 1.72. The molecular weight excluding hydrogens is 167 g/mol. The summed E-state index contributed by atoms with van der Waals surface area (Å²) in [6.07, 6.45) is 1.74. The molecule has 3 heteroatoms. The van der Waals surface area contributed by atoms with E-state index >= 15 is 0 Å². The monoisotopic (exact) mass is 168 g/mol. The molecule has 1 aliphatic heterocycles. The summed E-state index contributed by atoms with van der Waals surface area (Å²) >= 11 is 2.07. The van der Waals surface area contributed by atoms with Gasteiger partial charge in [-0.05, 0) is 0 Å². The zero-order valence-corrected chi connectivity index (χ0v) is 4.01. The molecule has 0 amide bonds. The van der Waals surface area contributed by atoms with E-state index in [-0.39, 0.29) is 0 Å². The molecule has 0 saturated carbocycles. The maximum Gasteiger partial charge on any atom is 0.144 e. The average Bonchev–Trinajstić information content (AvgIpc) is 1.75. The molecule has 0 bridgehead atoms. The quantitative estimate of drug-likeness (QED) is 0.381. The first-order valence-electron chi connectivity index (χ1n) is 0.885. The summed E-state index contributed by atoms with van der Waals surface area (Å²) in [7, 11) is 0. The Labute approximate surface area is 38.0 Å². The third-order valence-corrected chi connectivity index (χ3v) is 0.701. The number of rotatable bonds is 0. The van der Waals surface area contributed by atoms with Gasteiger partial charge in [0, 0.05) is 0 Å². The smallest absolute Gasteiger partial charge is 0.144 e. The predicted octanol–water partition coefficient (Wildman–Crippen LogP) is 0.595. The van der Waals surface area contributed by atoms with Gasteiger partial charge in [-0.15, -0.1) is 5.10 Å². The molecule has 2 nitrogen and oxygen atoms in total. The Morgan fingerprint density at radius 1 is 2.00 bits per heavy atom. The van der Waals surface area contributed by atoms with Crippen molar-refractivity contribution in [2.45, 2.75) is 0 Å². The first-order chi connectivity index (χ1) is 1.89. The Morgan fingerprint density at radius 3 is 2.25 bits per heavy atom. The third kappa shape index (κ3) is 0.309. The van der Waals surface area contributed by atoms with Crippen molar-refractivity contribution in [2.24, 2.45) is 5.10 Å². The van der Waals surface area contributed by atoms with Crippen LogP contribution < -0.4 is 0 Å². The highest BCUT2D eigenvalue weighted by Crippen LogP contribution is 2.03. The van der Waals surface area contributed by atoms with Crippen molar-refractivity contribution < 1.29 is 0 Å². The normalized spacial score (nSPS) is 17.8. The molecule has 0 spiro atoms. The van der Waals surface area contributed by atoms with Gasteiger partial charge in [-0.2, -0.15) is 3.22 Å². The second kappa shape index (κ2) is 0.573. The lowest BCUT2D eigenvalue weighted by atomic mass is 11.6. The van der Waals surface area contributed by atoms with Gasteiger partial charge in [0.05, 0.1) is 22.9 Å². The van der Waals surface area contributed by atoms with E-state index in [1.165, 1.54) is 0 Å². The molecule has 0 unspecified atom stereocenters. The average molecular weight is 168 g/mol. The lowest BCUT2D eigenvalue weighted by Crippen LogP contribution is -1.62. The summed E-state index contributed by atoms with van der Waals surface area (Å²) in [4.78, 5) is 0. The van der Waals surface area contributed by atoms with Gasteiger partial charge in [-0.1, -0.05) is 0 Å². The van der Waals surface area contributed by atoms with E-state index in [0.29, 0.717) is 0 Å². The van der Waals surface area contributed by atoms with Crippen molar-refractivity contribution in [3.05, 3.63) is 0 Å². The molecule has 0 radical (unpaired) electrons. The first-order valence-corrected chi connectivity index (χ1v) is 1.85. The molecule has 0 N–H and O–H groups in total. The molecular formula is CHIN2. The van der Waals surface area contributed by atoms with Crippen LogP contribution in [0.15, 0.2) is 5.10 Å². The summed E-state index contributed by atoms with van der Waals surface area (Å²) in [6, 6.07) is 0. The molecule has 1 heterocycles. The van der Waals surface area contributed by atoms with Crippen LogP contribution in [0.1, 0.15) is 0 Å². The lowest BCUT2D eigenvalue weighted by molar-refractivity contribution is 0.995. The van der Waals surface area contributed by atoms with Crippen LogP contribution in [0.5, 0.6) is 0 Å². The number of hydrogen-bond donors (Lipinski definition) is 0. The van der Waals surface area contributed by atoms with Crippen molar-refractivity contribution in [2.75, 3.05) is 0 Å². The van der Waals surface area contributed by atoms with E-state index in [2.05, 4.69) is 28.0 Å². The van der Waals surface area contributed by atoms with Crippen LogP contribution in [-0.4, -0.2) is 9.56 Å². The summed E-state index contributed by atoms with van der Waals surface area (Å²) in [6.45, 7) is 0. The highest BCUT2D eigenvalue weighted by molar-refractivity contribution is 14.1. The Morgan fingerprint density at radius 2 is 2.25 bits per heavy atom. The van der Waals surface area contributed by atoms with Gasteiger partial charge in [0.1, 0.15) is 6.34 Å². The number of hydrazone groups is 1. The summed E-state index contributed by atoms with van der Waals surface area (Å²) in [5, 5.41) is 3.60. The second-order valence-electron chi connectivity index (χ2n) is 0.520. The Kier molecular flexibility index (Phi) is 0.349. The van der Waals surface area contributed by atoms with Crippen molar-refractivity contribution in [1.29, 1.82) is 0 Å². The molecule has 1 aliphatic rings. The molecule has 4 heavy (non-hydrogen) atoms. The van der Waals surface area contributed by atoms with Crippen LogP contribution in [0.25, 0.3) is 0 Å². The fourth-order valence-corrected chi connectivity index (χ4v) is 0.131. The Bertz CT molecular complexity index is 44.0. The minimum absolute atomic E-state index is 1.72. The van der Waals surface area contributed by atoms with Gasteiger partial charge in [-0.25, -0.2) is 0 Å². The van der Waals surface area contributed by atoms with Crippen LogP contribution in [0.3, 0.4) is 0 Å². The molecule has 0 fully saturated rings. The maximum atomic E-state index is 3.60. The van der Waals surface area contributed by atoms with Gasteiger partial charge in [0.2, 0.25) is 0 Å². The fourth-order valence-electron chi connectivity index (χ4n) is 0.0195. The number of halogens is 1. The second-order valence-corrected chi connectivity index (χ2v) is 1.51. The zero-order valence-electron chi connectivity index (χ0n) is 1.85.